The van der Waals surface area contributed by atoms with Gasteiger partial charge in [-0.15, -0.1) is 0 Å². The highest BCUT2D eigenvalue weighted by atomic mass is 14.9. The molecule has 1 saturated carbocycles. The van der Waals surface area contributed by atoms with Gasteiger partial charge in [-0.1, -0.05) is 23.8 Å². The summed E-state index contributed by atoms with van der Waals surface area (Å²) in [4.78, 5) is 0. The molecule has 1 aliphatic rings. The minimum Gasteiger partial charge on any atom is -0.312 e. The number of nitrogens with one attached hydrogen (secondary N) is 1. The van der Waals surface area contributed by atoms with Gasteiger partial charge >= 0.3 is 0 Å². The molecule has 1 heteroatoms. The van der Waals surface area contributed by atoms with Gasteiger partial charge in [-0.3, -0.25) is 0 Å². The van der Waals surface area contributed by atoms with Gasteiger partial charge in [-0.25, -0.2) is 0 Å². The maximum atomic E-state index is 3.65. The fourth-order valence-electron chi connectivity index (χ4n) is 2.90. The maximum Gasteiger partial charge on any atom is 0.00966 e. The van der Waals surface area contributed by atoms with Crippen LogP contribution in [-0.2, 0) is 0 Å². The van der Waals surface area contributed by atoms with E-state index >= 15 is 0 Å². The zero-order valence-corrected chi connectivity index (χ0v) is 12.5. The van der Waals surface area contributed by atoms with Gasteiger partial charge in [0.05, 0.1) is 0 Å². The van der Waals surface area contributed by atoms with Crippen LogP contribution in [0, 0.1) is 19.8 Å². The predicted molar refractivity (Wildman–Crippen MR) is 79.1 cm³/mol. The molecule has 2 rings (SSSR count). The van der Waals surface area contributed by atoms with Crippen LogP contribution in [0.1, 0.15) is 56.2 Å². The van der Waals surface area contributed by atoms with Crippen LogP contribution in [0.3, 0.4) is 0 Å². The molecule has 1 nitrogen and oxygen atoms in total. The van der Waals surface area contributed by atoms with Crippen molar-refractivity contribution in [1.29, 1.82) is 0 Å². The van der Waals surface area contributed by atoms with Crippen molar-refractivity contribution in [2.75, 3.05) is 6.54 Å². The molecule has 0 bridgehead atoms. The van der Waals surface area contributed by atoms with Crippen molar-refractivity contribution in [3.05, 3.63) is 34.9 Å². The Morgan fingerprint density at radius 1 is 1.17 bits per heavy atom. The summed E-state index contributed by atoms with van der Waals surface area (Å²) >= 11 is 0. The molecular weight excluding hydrogens is 218 g/mol. The van der Waals surface area contributed by atoms with E-state index in [1.54, 1.807) is 5.56 Å². The first kappa shape index (κ1) is 13.6. The SMILES string of the molecule is Cc1ccc(C2CCC2CNC(C)(C)C)c(C)c1. The third-order valence-electron chi connectivity index (χ3n) is 4.14. The second-order valence-corrected chi connectivity index (χ2v) is 6.93. The van der Waals surface area contributed by atoms with Crippen LogP contribution in [0.25, 0.3) is 0 Å². The number of benzene rings is 1. The summed E-state index contributed by atoms with van der Waals surface area (Å²) < 4.78 is 0. The fourth-order valence-corrected chi connectivity index (χ4v) is 2.90. The van der Waals surface area contributed by atoms with Crippen molar-refractivity contribution in [3.8, 4) is 0 Å². The average Bonchev–Trinajstić information content (AvgIpc) is 2.18. The number of aryl methyl sites for hydroxylation is 2. The van der Waals surface area contributed by atoms with Crippen molar-refractivity contribution >= 4 is 0 Å². The quantitative estimate of drug-likeness (QED) is 0.842. The summed E-state index contributed by atoms with van der Waals surface area (Å²) in [7, 11) is 0. The summed E-state index contributed by atoms with van der Waals surface area (Å²) in [5.74, 6) is 1.60. The van der Waals surface area contributed by atoms with E-state index < -0.39 is 0 Å². The Kier molecular flexibility index (Phi) is 3.82. The van der Waals surface area contributed by atoms with Crippen LogP contribution in [0.5, 0.6) is 0 Å². The van der Waals surface area contributed by atoms with E-state index in [4.69, 9.17) is 0 Å². The third kappa shape index (κ3) is 3.14. The minimum atomic E-state index is 0.239. The summed E-state index contributed by atoms with van der Waals surface area (Å²) in [6.07, 6.45) is 2.74. The molecule has 100 valence electrons. The van der Waals surface area contributed by atoms with Crippen LogP contribution in [0.15, 0.2) is 18.2 Å². The summed E-state index contributed by atoms with van der Waals surface area (Å²) in [6.45, 7) is 12.3. The minimum absolute atomic E-state index is 0.239. The Hall–Kier alpha value is -0.820. The maximum absolute atomic E-state index is 3.65. The summed E-state index contributed by atoms with van der Waals surface area (Å²) in [5, 5.41) is 3.65. The van der Waals surface area contributed by atoms with Crippen molar-refractivity contribution in [3.63, 3.8) is 0 Å². The smallest absolute Gasteiger partial charge is 0.00966 e. The number of hydrogen-bond acceptors (Lipinski definition) is 1. The lowest BCUT2D eigenvalue weighted by atomic mass is 9.68. The molecule has 1 aliphatic carbocycles. The molecule has 0 aliphatic heterocycles. The Morgan fingerprint density at radius 2 is 1.89 bits per heavy atom. The van der Waals surface area contributed by atoms with Gasteiger partial charge < -0.3 is 5.32 Å². The lowest BCUT2D eigenvalue weighted by Gasteiger charge is -2.39. The van der Waals surface area contributed by atoms with E-state index in [2.05, 4.69) is 58.1 Å². The van der Waals surface area contributed by atoms with E-state index in [1.807, 2.05) is 0 Å². The second kappa shape index (κ2) is 5.05. The van der Waals surface area contributed by atoms with Crippen molar-refractivity contribution in [2.24, 2.45) is 5.92 Å². The first-order valence-electron chi connectivity index (χ1n) is 7.19. The fraction of sp³-hybridized carbons (Fsp3) is 0.647. The van der Waals surface area contributed by atoms with E-state index in [9.17, 15) is 0 Å². The van der Waals surface area contributed by atoms with Crippen LogP contribution in [-0.4, -0.2) is 12.1 Å². The monoisotopic (exact) mass is 245 g/mol. The highest BCUT2D eigenvalue weighted by Gasteiger charge is 2.33. The van der Waals surface area contributed by atoms with E-state index in [1.165, 1.54) is 24.0 Å². The molecular formula is C17H27N. The van der Waals surface area contributed by atoms with Crippen molar-refractivity contribution in [2.45, 2.75) is 58.9 Å². The van der Waals surface area contributed by atoms with E-state index in [0.717, 1.165) is 18.4 Å². The van der Waals surface area contributed by atoms with Gasteiger partial charge in [0.15, 0.2) is 0 Å². The molecule has 0 saturated heterocycles. The van der Waals surface area contributed by atoms with E-state index in [0.29, 0.717) is 0 Å². The Labute approximate surface area is 112 Å². The molecule has 18 heavy (non-hydrogen) atoms. The molecule has 1 fully saturated rings. The van der Waals surface area contributed by atoms with Crippen LogP contribution in [0.4, 0.5) is 0 Å². The van der Waals surface area contributed by atoms with Gasteiger partial charge in [-0.2, -0.15) is 0 Å². The molecule has 2 unspecified atom stereocenters. The molecule has 2 atom stereocenters. The Balaban J connectivity index is 2.01. The normalized spacial score (nSPS) is 23.8. The van der Waals surface area contributed by atoms with Crippen LogP contribution in [0.2, 0.25) is 0 Å². The Bertz CT molecular complexity index is 414. The lowest BCUT2D eigenvalue weighted by Crippen LogP contribution is -2.43. The number of rotatable bonds is 3. The molecule has 0 radical (unpaired) electrons. The standard InChI is InChI=1S/C17H27N/c1-12-6-8-15(13(2)10-12)16-9-7-14(16)11-18-17(3,4)5/h6,8,10,14,16,18H,7,9,11H2,1-5H3. The van der Waals surface area contributed by atoms with Crippen LogP contribution < -0.4 is 5.32 Å². The molecule has 1 aromatic rings. The van der Waals surface area contributed by atoms with E-state index in [-0.39, 0.29) is 5.54 Å². The molecule has 0 amide bonds. The highest BCUT2D eigenvalue weighted by Crippen LogP contribution is 2.43. The van der Waals surface area contributed by atoms with Gasteiger partial charge in [-0.05, 0) is 77.0 Å². The first-order valence-corrected chi connectivity index (χ1v) is 7.19. The van der Waals surface area contributed by atoms with Crippen molar-refractivity contribution < 1.29 is 0 Å². The van der Waals surface area contributed by atoms with Crippen LogP contribution >= 0.6 is 0 Å². The molecule has 0 spiro atoms. The highest BCUT2D eigenvalue weighted by molar-refractivity contribution is 5.34. The van der Waals surface area contributed by atoms with Gasteiger partial charge in [0, 0.05) is 5.54 Å². The summed E-state index contributed by atoms with van der Waals surface area (Å²) in [5.41, 5.74) is 4.66. The molecule has 0 heterocycles. The van der Waals surface area contributed by atoms with Crippen molar-refractivity contribution in [1.82, 2.24) is 5.32 Å². The lowest BCUT2D eigenvalue weighted by molar-refractivity contribution is 0.225. The molecule has 0 aromatic heterocycles. The molecule has 1 N–H and O–H groups in total. The Morgan fingerprint density at radius 3 is 2.39 bits per heavy atom. The first-order chi connectivity index (χ1) is 8.37. The average molecular weight is 245 g/mol. The topological polar surface area (TPSA) is 12.0 Å². The predicted octanol–water partition coefficient (Wildman–Crippen LogP) is 4.19. The van der Waals surface area contributed by atoms with Gasteiger partial charge in [0.25, 0.3) is 0 Å². The van der Waals surface area contributed by atoms with Gasteiger partial charge in [0.1, 0.15) is 0 Å². The second-order valence-electron chi connectivity index (χ2n) is 6.93. The van der Waals surface area contributed by atoms with Gasteiger partial charge in [0.2, 0.25) is 0 Å². The largest absolute Gasteiger partial charge is 0.312 e. The summed E-state index contributed by atoms with van der Waals surface area (Å²) in [6, 6.07) is 6.93. The third-order valence-corrected chi connectivity index (χ3v) is 4.14. The number of hydrogen-bond donors (Lipinski definition) is 1. The zero-order valence-electron chi connectivity index (χ0n) is 12.5. The zero-order chi connectivity index (χ0) is 13.3. The molecule has 1 aromatic carbocycles.